The maximum atomic E-state index is 9.47. The second-order valence-electron chi connectivity index (χ2n) is 4.04. The summed E-state index contributed by atoms with van der Waals surface area (Å²) in [5.41, 5.74) is 1.77. The zero-order valence-corrected chi connectivity index (χ0v) is 11.1. The number of hydrogen-bond acceptors (Lipinski definition) is 3. The van der Waals surface area contributed by atoms with Gasteiger partial charge in [0.25, 0.3) is 0 Å². The van der Waals surface area contributed by atoms with Crippen molar-refractivity contribution >= 4 is 17.3 Å². The van der Waals surface area contributed by atoms with Crippen LogP contribution in [0.25, 0.3) is 0 Å². The highest BCUT2D eigenvalue weighted by Gasteiger charge is 2.10. The fraction of sp³-hybridized carbons (Fsp3) is 0.538. The van der Waals surface area contributed by atoms with Crippen molar-refractivity contribution in [1.29, 1.82) is 0 Å². The zero-order valence-electron chi connectivity index (χ0n) is 10.4. The van der Waals surface area contributed by atoms with Crippen LogP contribution in [0.1, 0.15) is 31.9 Å². The van der Waals surface area contributed by atoms with E-state index in [-0.39, 0.29) is 6.61 Å². The van der Waals surface area contributed by atoms with Crippen molar-refractivity contribution < 1.29 is 10.2 Å². The summed E-state index contributed by atoms with van der Waals surface area (Å²) in [6, 6.07) is 5.60. The molecule has 0 aliphatic heterocycles. The van der Waals surface area contributed by atoms with Gasteiger partial charge in [0, 0.05) is 19.7 Å². The van der Waals surface area contributed by atoms with Crippen LogP contribution in [0.5, 0.6) is 0 Å². The predicted octanol–water partition coefficient (Wildman–Crippen LogP) is 2.60. The summed E-state index contributed by atoms with van der Waals surface area (Å²) < 4.78 is 0. The zero-order chi connectivity index (χ0) is 12.8. The number of aliphatic hydroxyl groups is 2. The molecular weight excluding hydrogens is 238 g/mol. The lowest BCUT2D eigenvalue weighted by Gasteiger charge is -2.24. The van der Waals surface area contributed by atoms with Crippen molar-refractivity contribution in [2.24, 2.45) is 0 Å². The third-order valence-corrected chi connectivity index (χ3v) is 3.07. The molecule has 1 rings (SSSR count). The summed E-state index contributed by atoms with van der Waals surface area (Å²) in [6.07, 6.45) is 0.219. The SMILES string of the molecule is CCN(CCCO)c1ccc([C@H](C)O)cc1Cl. The van der Waals surface area contributed by atoms with E-state index in [1.165, 1.54) is 0 Å². The Kier molecular flexibility index (Phi) is 5.75. The van der Waals surface area contributed by atoms with Gasteiger partial charge in [0.15, 0.2) is 0 Å². The molecule has 2 N–H and O–H groups in total. The Morgan fingerprint density at radius 3 is 2.59 bits per heavy atom. The molecular formula is C13H20ClNO2. The molecule has 0 fully saturated rings. The first-order valence-electron chi connectivity index (χ1n) is 5.93. The van der Waals surface area contributed by atoms with E-state index in [9.17, 15) is 5.11 Å². The van der Waals surface area contributed by atoms with Crippen LogP contribution in [-0.2, 0) is 0 Å². The first kappa shape index (κ1) is 14.3. The molecule has 0 aliphatic rings. The second-order valence-corrected chi connectivity index (χ2v) is 4.45. The largest absolute Gasteiger partial charge is 0.396 e. The molecule has 3 nitrogen and oxygen atoms in total. The lowest BCUT2D eigenvalue weighted by Crippen LogP contribution is -2.24. The van der Waals surface area contributed by atoms with Crippen LogP contribution in [0, 0.1) is 0 Å². The summed E-state index contributed by atoms with van der Waals surface area (Å²) in [5, 5.41) is 19.0. The minimum absolute atomic E-state index is 0.180. The van der Waals surface area contributed by atoms with Crippen LogP contribution in [0.2, 0.25) is 5.02 Å². The fourth-order valence-electron chi connectivity index (χ4n) is 1.75. The maximum absolute atomic E-state index is 9.47. The molecule has 0 aromatic heterocycles. The van der Waals surface area contributed by atoms with E-state index < -0.39 is 6.10 Å². The van der Waals surface area contributed by atoms with Crippen LogP contribution in [-0.4, -0.2) is 29.9 Å². The average molecular weight is 258 g/mol. The molecule has 0 unspecified atom stereocenters. The molecule has 1 aromatic carbocycles. The van der Waals surface area contributed by atoms with E-state index in [0.29, 0.717) is 5.02 Å². The highest BCUT2D eigenvalue weighted by molar-refractivity contribution is 6.33. The molecule has 1 aromatic rings. The molecule has 0 saturated heterocycles. The van der Waals surface area contributed by atoms with Gasteiger partial charge in [0.05, 0.1) is 16.8 Å². The molecule has 0 heterocycles. The molecule has 17 heavy (non-hydrogen) atoms. The summed E-state index contributed by atoms with van der Waals surface area (Å²) in [5.74, 6) is 0. The van der Waals surface area contributed by atoms with Crippen molar-refractivity contribution in [2.75, 3.05) is 24.6 Å². The third-order valence-electron chi connectivity index (χ3n) is 2.76. The van der Waals surface area contributed by atoms with Gasteiger partial charge in [-0.3, -0.25) is 0 Å². The molecule has 0 spiro atoms. The fourth-order valence-corrected chi connectivity index (χ4v) is 2.06. The molecule has 1 atom stereocenters. The molecule has 0 radical (unpaired) electrons. The van der Waals surface area contributed by atoms with Crippen LogP contribution in [0.4, 0.5) is 5.69 Å². The Morgan fingerprint density at radius 2 is 2.12 bits per heavy atom. The van der Waals surface area contributed by atoms with E-state index in [1.807, 2.05) is 12.1 Å². The van der Waals surface area contributed by atoms with E-state index in [0.717, 1.165) is 30.8 Å². The highest BCUT2D eigenvalue weighted by atomic mass is 35.5. The molecule has 0 aliphatic carbocycles. The molecule has 96 valence electrons. The van der Waals surface area contributed by atoms with E-state index in [4.69, 9.17) is 16.7 Å². The summed E-state index contributed by atoms with van der Waals surface area (Å²) >= 11 is 6.21. The highest BCUT2D eigenvalue weighted by Crippen LogP contribution is 2.29. The second kappa shape index (κ2) is 6.84. The lowest BCUT2D eigenvalue weighted by molar-refractivity contribution is 0.199. The van der Waals surface area contributed by atoms with Crippen molar-refractivity contribution in [1.82, 2.24) is 0 Å². The van der Waals surface area contributed by atoms with Gasteiger partial charge in [0.2, 0.25) is 0 Å². The van der Waals surface area contributed by atoms with Crippen molar-refractivity contribution in [3.63, 3.8) is 0 Å². The van der Waals surface area contributed by atoms with E-state index in [1.54, 1.807) is 13.0 Å². The average Bonchev–Trinajstić information content (AvgIpc) is 2.31. The monoisotopic (exact) mass is 257 g/mol. The minimum Gasteiger partial charge on any atom is -0.396 e. The molecule has 4 heteroatoms. The summed E-state index contributed by atoms with van der Waals surface area (Å²) in [6.45, 7) is 5.57. The first-order valence-corrected chi connectivity index (χ1v) is 6.31. The molecule has 0 saturated carbocycles. The standard InChI is InChI=1S/C13H20ClNO2/c1-3-15(7-4-8-16)13-6-5-11(10(2)17)9-12(13)14/h5-6,9-10,16-17H,3-4,7-8H2,1-2H3/t10-/m0/s1. The van der Waals surface area contributed by atoms with Crippen LogP contribution in [0.15, 0.2) is 18.2 Å². The Hall–Kier alpha value is -0.770. The van der Waals surface area contributed by atoms with Gasteiger partial charge in [-0.25, -0.2) is 0 Å². The van der Waals surface area contributed by atoms with Gasteiger partial charge in [-0.05, 0) is 38.0 Å². The van der Waals surface area contributed by atoms with Crippen LogP contribution < -0.4 is 4.90 Å². The minimum atomic E-state index is -0.505. The Morgan fingerprint density at radius 1 is 1.41 bits per heavy atom. The van der Waals surface area contributed by atoms with Gasteiger partial charge in [-0.1, -0.05) is 17.7 Å². The van der Waals surface area contributed by atoms with Gasteiger partial charge >= 0.3 is 0 Å². The smallest absolute Gasteiger partial charge is 0.0762 e. The third kappa shape index (κ3) is 3.87. The van der Waals surface area contributed by atoms with Gasteiger partial charge in [-0.15, -0.1) is 0 Å². The summed E-state index contributed by atoms with van der Waals surface area (Å²) in [7, 11) is 0. The van der Waals surface area contributed by atoms with Crippen LogP contribution in [0.3, 0.4) is 0 Å². The number of anilines is 1. The van der Waals surface area contributed by atoms with Crippen molar-refractivity contribution in [3.8, 4) is 0 Å². The summed E-state index contributed by atoms with van der Waals surface area (Å²) in [4.78, 5) is 2.12. The van der Waals surface area contributed by atoms with E-state index >= 15 is 0 Å². The topological polar surface area (TPSA) is 43.7 Å². The van der Waals surface area contributed by atoms with Gasteiger partial charge in [0.1, 0.15) is 0 Å². The van der Waals surface area contributed by atoms with Crippen molar-refractivity contribution in [2.45, 2.75) is 26.4 Å². The number of hydrogen-bond donors (Lipinski definition) is 2. The Bertz CT molecular complexity index is 355. The normalized spacial score (nSPS) is 12.5. The van der Waals surface area contributed by atoms with Gasteiger partial charge < -0.3 is 15.1 Å². The first-order chi connectivity index (χ1) is 8.10. The van der Waals surface area contributed by atoms with Gasteiger partial charge in [-0.2, -0.15) is 0 Å². The lowest BCUT2D eigenvalue weighted by atomic mass is 10.1. The number of nitrogens with zero attached hydrogens (tertiary/aromatic N) is 1. The molecule has 0 bridgehead atoms. The number of halogens is 1. The number of rotatable bonds is 6. The Balaban J connectivity index is 2.88. The van der Waals surface area contributed by atoms with Crippen molar-refractivity contribution in [3.05, 3.63) is 28.8 Å². The number of benzene rings is 1. The van der Waals surface area contributed by atoms with E-state index in [2.05, 4.69) is 11.8 Å². The molecule has 0 amide bonds. The predicted molar refractivity (Wildman–Crippen MR) is 71.7 cm³/mol. The maximum Gasteiger partial charge on any atom is 0.0762 e. The quantitative estimate of drug-likeness (QED) is 0.823. The number of aliphatic hydroxyl groups excluding tert-OH is 2. The van der Waals surface area contributed by atoms with Crippen LogP contribution >= 0.6 is 11.6 Å². The Labute approximate surface area is 108 Å².